The summed E-state index contributed by atoms with van der Waals surface area (Å²) in [6.07, 6.45) is 0. The van der Waals surface area contributed by atoms with Crippen LogP contribution in [0.5, 0.6) is 0 Å². The van der Waals surface area contributed by atoms with Gasteiger partial charge in [0.25, 0.3) is 0 Å². The molecule has 0 bridgehead atoms. The van der Waals surface area contributed by atoms with Crippen molar-refractivity contribution in [1.29, 1.82) is 0 Å². The summed E-state index contributed by atoms with van der Waals surface area (Å²) in [4.78, 5) is 12.1. The van der Waals surface area contributed by atoms with E-state index in [2.05, 4.69) is 33.5 Å². The van der Waals surface area contributed by atoms with Crippen LogP contribution in [0.15, 0.2) is 28.7 Å². The van der Waals surface area contributed by atoms with E-state index in [0.717, 1.165) is 23.1 Å². The van der Waals surface area contributed by atoms with Crippen LogP contribution >= 0.6 is 15.9 Å². The molecule has 1 aromatic carbocycles. The maximum absolute atomic E-state index is 12.1. The first-order valence-corrected chi connectivity index (χ1v) is 7.14. The van der Waals surface area contributed by atoms with Crippen molar-refractivity contribution in [2.75, 3.05) is 13.1 Å². The quantitative estimate of drug-likeness (QED) is 0.900. The molecule has 0 aromatic heterocycles. The second-order valence-electron chi connectivity index (χ2n) is 5.02. The molecule has 0 saturated carbocycles. The molecule has 1 aromatic rings. The van der Waals surface area contributed by atoms with Gasteiger partial charge in [-0.25, -0.2) is 0 Å². The Morgan fingerprint density at radius 1 is 1.39 bits per heavy atom. The van der Waals surface area contributed by atoms with Gasteiger partial charge >= 0.3 is 0 Å². The van der Waals surface area contributed by atoms with Gasteiger partial charge in [-0.1, -0.05) is 35.0 Å². The molecule has 0 aliphatic carbocycles. The fourth-order valence-electron chi connectivity index (χ4n) is 2.32. The number of halogens is 1. The van der Waals surface area contributed by atoms with Gasteiger partial charge in [0, 0.05) is 11.0 Å². The minimum Gasteiger partial charge on any atom is -0.349 e. The van der Waals surface area contributed by atoms with Gasteiger partial charge in [-0.2, -0.15) is 0 Å². The highest BCUT2D eigenvalue weighted by Crippen LogP contribution is 2.20. The largest absolute Gasteiger partial charge is 0.349 e. The average molecular weight is 311 g/mol. The summed E-state index contributed by atoms with van der Waals surface area (Å²) >= 11 is 3.41. The van der Waals surface area contributed by atoms with Crippen LogP contribution in [0.2, 0.25) is 0 Å². The molecule has 0 radical (unpaired) electrons. The van der Waals surface area contributed by atoms with Crippen LogP contribution in [0.25, 0.3) is 0 Å². The van der Waals surface area contributed by atoms with E-state index in [-0.39, 0.29) is 17.9 Å². The van der Waals surface area contributed by atoms with Gasteiger partial charge in [0.1, 0.15) is 0 Å². The van der Waals surface area contributed by atoms with E-state index in [4.69, 9.17) is 0 Å². The number of rotatable bonds is 3. The van der Waals surface area contributed by atoms with Crippen molar-refractivity contribution >= 4 is 21.8 Å². The zero-order valence-electron chi connectivity index (χ0n) is 10.7. The van der Waals surface area contributed by atoms with Crippen LogP contribution in [0.3, 0.4) is 0 Å². The van der Waals surface area contributed by atoms with E-state index < -0.39 is 0 Å². The van der Waals surface area contributed by atoms with Crippen LogP contribution in [0, 0.1) is 11.8 Å². The topological polar surface area (TPSA) is 41.1 Å². The minimum atomic E-state index is 0.0541. The lowest BCUT2D eigenvalue weighted by atomic mass is 9.96. The molecule has 1 aliphatic heterocycles. The van der Waals surface area contributed by atoms with E-state index in [1.165, 1.54) is 0 Å². The molecule has 1 amide bonds. The third-order valence-electron chi connectivity index (χ3n) is 3.58. The van der Waals surface area contributed by atoms with Gasteiger partial charge < -0.3 is 10.6 Å². The lowest BCUT2D eigenvalue weighted by molar-refractivity contribution is -0.126. The number of amides is 1. The monoisotopic (exact) mass is 310 g/mol. The number of nitrogens with one attached hydrogen (secondary N) is 2. The summed E-state index contributed by atoms with van der Waals surface area (Å²) in [5.41, 5.74) is 1.13. The Morgan fingerprint density at radius 2 is 2.06 bits per heavy atom. The molecule has 18 heavy (non-hydrogen) atoms. The predicted octanol–water partition coefficient (Wildman–Crippen LogP) is 2.48. The Balaban J connectivity index is 1.96. The highest BCUT2D eigenvalue weighted by atomic mass is 79.9. The predicted molar refractivity (Wildman–Crippen MR) is 76.2 cm³/mol. The normalized spacial score (nSPS) is 24.8. The lowest BCUT2D eigenvalue weighted by Crippen LogP contribution is -2.35. The van der Waals surface area contributed by atoms with Gasteiger partial charge in [0.05, 0.1) is 12.0 Å². The summed E-state index contributed by atoms with van der Waals surface area (Å²) in [5.74, 6) is 0.674. The molecule has 1 heterocycles. The van der Waals surface area contributed by atoms with Gasteiger partial charge in [-0.3, -0.25) is 4.79 Å². The number of carbonyl (C=O) groups is 1. The fraction of sp³-hybridized carbons (Fsp3) is 0.500. The Hall–Kier alpha value is -0.870. The molecule has 2 N–H and O–H groups in total. The summed E-state index contributed by atoms with van der Waals surface area (Å²) in [6, 6.07) is 8.12. The van der Waals surface area contributed by atoms with Crippen LogP contribution in [0.4, 0.5) is 0 Å². The maximum atomic E-state index is 12.1. The molecule has 1 saturated heterocycles. The number of carbonyl (C=O) groups excluding carboxylic acids is 1. The van der Waals surface area contributed by atoms with Crippen molar-refractivity contribution in [2.45, 2.75) is 19.9 Å². The molecular weight excluding hydrogens is 292 g/mol. The first-order valence-electron chi connectivity index (χ1n) is 6.34. The third kappa shape index (κ3) is 3.12. The van der Waals surface area contributed by atoms with Gasteiger partial charge in [0.2, 0.25) is 5.91 Å². The SMILES string of the molecule is CC(NC(=O)C1CNCC1C)c1ccc(Br)cc1. The van der Waals surface area contributed by atoms with Crippen molar-refractivity contribution < 1.29 is 4.79 Å². The number of hydrogen-bond donors (Lipinski definition) is 2. The van der Waals surface area contributed by atoms with Crippen molar-refractivity contribution in [3.8, 4) is 0 Å². The zero-order valence-corrected chi connectivity index (χ0v) is 12.3. The molecule has 3 unspecified atom stereocenters. The molecule has 2 rings (SSSR count). The Labute approximate surface area is 116 Å². The molecular formula is C14H19BrN2O. The molecule has 0 spiro atoms. The maximum Gasteiger partial charge on any atom is 0.225 e. The second kappa shape index (κ2) is 5.85. The molecule has 4 heteroatoms. The first kappa shape index (κ1) is 13.6. The number of hydrogen-bond acceptors (Lipinski definition) is 2. The molecule has 1 aliphatic rings. The first-order chi connectivity index (χ1) is 8.58. The summed E-state index contributed by atoms with van der Waals surface area (Å²) in [7, 11) is 0. The van der Waals surface area contributed by atoms with E-state index in [1.54, 1.807) is 0 Å². The van der Waals surface area contributed by atoms with Crippen LogP contribution < -0.4 is 10.6 Å². The lowest BCUT2D eigenvalue weighted by Gasteiger charge is -2.19. The summed E-state index contributed by atoms with van der Waals surface area (Å²) in [5, 5.41) is 6.35. The van der Waals surface area contributed by atoms with E-state index in [0.29, 0.717) is 5.92 Å². The van der Waals surface area contributed by atoms with Crippen LogP contribution in [-0.2, 0) is 4.79 Å². The standard InChI is InChI=1S/C14H19BrN2O/c1-9-7-16-8-13(9)14(18)17-10(2)11-3-5-12(15)6-4-11/h3-6,9-10,13,16H,7-8H2,1-2H3,(H,17,18). The van der Waals surface area contributed by atoms with Crippen molar-refractivity contribution in [3.05, 3.63) is 34.3 Å². The Morgan fingerprint density at radius 3 is 2.61 bits per heavy atom. The van der Waals surface area contributed by atoms with E-state index in [1.807, 2.05) is 31.2 Å². The van der Waals surface area contributed by atoms with Crippen LogP contribution in [-0.4, -0.2) is 19.0 Å². The minimum absolute atomic E-state index is 0.0541. The van der Waals surface area contributed by atoms with E-state index in [9.17, 15) is 4.79 Å². The molecule has 3 nitrogen and oxygen atoms in total. The average Bonchev–Trinajstić information content (AvgIpc) is 2.76. The van der Waals surface area contributed by atoms with Gasteiger partial charge in [-0.15, -0.1) is 0 Å². The van der Waals surface area contributed by atoms with Crippen molar-refractivity contribution in [2.24, 2.45) is 11.8 Å². The highest BCUT2D eigenvalue weighted by molar-refractivity contribution is 9.10. The fourth-order valence-corrected chi connectivity index (χ4v) is 2.58. The second-order valence-corrected chi connectivity index (χ2v) is 5.94. The molecule has 98 valence electrons. The van der Waals surface area contributed by atoms with Gasteiger partial charge in [0.15, 0.2) is 0 Å². The zero-order chi connectivity index (χ0) is 13.1. The highest BCUT2D eigenvalue weighted by Gasteiger charge is 2.30. The summed E-state index contributed by atoms with van der Waals surface area (Å²) < 4.78 is 1.05. The van der Waals surface area contributed by atoms with Crippen LogP contribution in [0.1, 0.15) is 25.5 Å². The molecule has 1 fully saturated rings. The van der Waals surface area contributed by atoms with Gasteiger partial charge in [-0.05, 0) is 37.1 Å². The molecule has 3 atom stereocenters. The van der Waals surface area contributed by atoms with Crippen molar-refractivity contribution in [1.82, 2.24) is 10.6 Å². The number of benzene rings is 1. The van der Waals surface area contributed by atoms with E-state index >= 15 is 0 Å². The summed E-state index contributed by atoms with van der Waals surface area (Å²) in [6.45, 7) is 5.87. The Bertz CT molecular complexity index is 418. The van der Waals surface area contributed by atoms with Crippen molar-refractivity contribution in [3.63, 3.8) is 0 Å². The smallest absolute Gasteiger partial charge is 0.225 e. The third-order valence-corrected chi connectivity index (χ3v) is 4.11. The Kier molecular flexibility index (Phi) is 4.40.